The minimum absolute atomic E-state index is 0.0536. The highest BCUT2D eigenvalue weighted by molar-refractivity contribution is 6.32. The van der Waals surface area contributed by atoms with E-state index in [1.807, 2.05) is 0 Å². The van der Waals surface area contributed by atoms with Gasteiger partial charge in [-0.2, -0.15) is 28.5 Å². The summed E-state index contributed by atoms with van der Waals surface area (Å²) >= 11 is 6.20. The Morgan fingerprint density at radius 1 is 1.23 bits per heavy atom. The van der Waals surface area contributed by atoms with E-state index in [1.54, 1.807) is 0 Å². The van der Waals surface area contributed by atoms with Gasteiger partial charge in [-0.1, -0.05) is 11.6 Å². The topological polar surface area (TPSA) is 172 Å². The van der Waals surface area contributed by atoms with Gasteiger partial charge in [0, 0.05) is 0 Å². The molecule has 182 valence electrons. The van der Waals surface area contributed by atoms with Crippen molar-refractivity contribution in [3.8, 4) is 5.82 Å². The number of aromatic nitrogens is 6. The van der Waals surface area contributed by atoms with E-state index in [2.05, 4.69) is 30.9 Å². The predicted molar refractivity (Wildman–Crippen MR) is 116 cm³/mol. The Kier molecular flexibility index (Phi) is 5.94. The molecule has 1 atom stereocenters. The quantitative estimate of drug-likeness (QED) is 0.400. The molecule has 4 rings (SSSR count). The number of hydrogen-bond acceptors (Lipinski definition) is 8. The second-order valence-electron chi connectivity index (χ2n) is 7.19. The number of halogens is 4. The number of nitrogens with zero attached hydrogens (tertiary/aromatic N) is 6. The van der Waals surface area contributed by atoms with Crippen LogP contribution in [-0.2, 0) is 11.0 Å². The van der Waals surface area contributed by atoms with E-state index in [0.29, 0.717) is 4.68 Å². The number of amides is 2. The van der Waals surface area contributed by atoms with Crippen LogP contribution in [0.1, 0.15) is 27.9 Å². The number of nitrogens with two attached hydrogens (primary N) is 2. The molecule has 16 heteroatoms. The van der Waals surface area contributed by atoms with Crippen molar-refractivity contribution in [3.05, 3.63) is 70.2 Å². The number of alkyl halides is 3. The summed E-state index contributed by atoms with van der Waals surface area (Å²) in [6, 6.07) is 1.32. The molecule has 3 aromatic rings. The van der Waals surface area contributed by atoms with E-state index < -0.39 is 35.4 Å². The first-order valence-corrected chi connectivity index (χ1v) is 10.1. The smallest absolute Gasteiger partial charge is 0.385 e. The molecule has 0 bridgehead atoms. The fourth-order valence-corrected chi connectivity index (χ4v) is 3.52. The Labute approximate surface area is 199 Å². The summed E-state index contributed by atoms with van der Waals surface area (Å²) < 4.78 is 42.5. The number of pyridine rings is 1. The standard InChI is InChI=1S/C19H16ClF3N10O2/c1-8-12(6-11(20)17(29-8)33-26-4-5-27-33)30-18(35)10-7-28-32(14(10)19(21,22)23)13-3-2-9(16(25)34)15(24)31-13/h2-7,13,31H,24H2,1H3,(H2,25,34)(H,30,35). The number of carbonyl (C=O) groups excluding carboxylic acids is 2. The van der Waals surface area contributed by atoms with Crippen LogP contribution < -0.4 is 22.1 Å². The molecule has 0 saturated heterocycles. The van der Waals surface area contributed by atoms with Gasteiger partial charge in [0.1, 0.15) is 12.0 Å². The fraction of sp³-hybridized carbons (Fsp3) is 0.158. The largest absolute Gasteiger partial charge is 0.433 e. The maximum atomic E-state index is 14.0. The van der Waals surface area contributed by atoms with Crippen LogP contribution in [0.25, 0.3) is 5.82 Å². The van der Waals surface area contributed by atoms with Crippen molar-refractivity contribution >= 4 is 29.1 Å². The Morgan fingerprint density at radius 3 is 2.51 bits per heavy atom. The van der Waals surface area contributed by atoms with Crippen molar-refractivity contribution < 1.29 is 22.8 Å². The SMILES string of the molecule is Cc1nc(-n2nccn2)c(Cl)cc1NC(=O)c1cnn(C2C=CC(C(N)=O)=C(N)N2)c1C(F)(F)F. The Bertz CT molecular complexity index is 1380. The molecule has 1 unspecified atom stereocenters. The van der Waals surface area contributed by atoms with E-state index in [0.717, 1.165) is 11.0 Å². The van der Waals surface area contributed by atoms with Gasteiger partial charge in [0.15, 0.2) is 11.5 Å². The lowest BCUT2D eigenvalue weighted by Gasteiger charge is -2.24. The van der Waals surface area contributed by atoms with Crippen molar-refractivity contribution in [2.75, 3.05) is 5.32 Å². The molecule has 12 nitrogen and oxygen atoms in total. The lowest BCUT2D eigenvalue weighted by molar-refractivity contribution is -0.145. The first kappa shape index (κ1) is 23.7. The number of anilines is 1. The zero-order valence-corrected chi connectivity index (χ0v) is 18.5. The Hall–Kier alpha value is -4.40. The van der Waals surface area contributed by atoms with Crippen LogP contribution in [0.15, 0.2) is 48.2 Å². The van der Waals surface area contributed by atoms with Crippen LogP contribution >= 0.6 is 11.6 Å². The number of dihydropyridines is 1. The normalized spacial score (nSPS) is 15.7. The summed E-state index contributed by atoms with van der Waals surface area (Å²) in [6.45, 7) is 1.52. The van der Waals surface area contributed by atoms with Crippen molar-refractivity contribution in [2.45, 2.75) is 19.3 Å². The molecule has 0 aromatic carbocycles. The van der Waals surface area contributed by atoms with Crippen molar-refractivity contribution in [3.63, 3.8) is 0 Å². The van der Waals surface area contributed by atoms with Gasteiger partial charge in [-0.3, -0.25) is 9.59 Å². The second kappa shape index (κ2) is 8.75. The predicted octanol–water partition coefficient (Wildman–Crippen LogP) is 1.41. The van der Waals surface area contributed by atoms with E-state index in [-0.39, 0.29) is 33.6 Å². The van der Waals surface area contributed by atoms with Gasteiger partial charge in [0.2, 0.25) is 0 Å². The first-order chi connectivity index (χ1) is 16.5. The molecule has 2 amide bonds. The molecule has 35 heavy (non-hydrogen) atoms. The molecule has 0 saturated carbocycles. The Balaban J connectivity index is 1.66. The number of primary amides is 1. The maximum absolute atomic E-state index is 14.0. The highest BCUT2D eigenvalue weighted by Crippen LogP contribution is 2.35. The molecule has 0 radical (unpaired) electrons. The molecule has 3 aromatic heterocycles. The number of aryl methyl sites for hydroxylation is 1. The van der Waals surface area contributed by atoms with Gasteiger partial charge < -0.3 is 22.1 Å². The van der Waals surface area contributed by atoms with E-state index >= 15 is 0 Å². The minimum Gasteiger partial charge on any atom is -0.385 e. The minimum atomic E-state index is -4.97. The molecule has 1 aliphatic rings. The average molecular weight is 509 g/mol. The van der Waals surface area contributed by atoms with Crippen LogP contribution in [0.2, 0.25) is 5.02 Å². The van der Waals surface area contributed by atoms with Crippen LogP contribution in [-0.4, -0.2) is 41.6 Å². The summed E-state index contributed by atoms with van der Waals surface area (Å²) in [5.74, 6) is -2.02. The van der Waals surface area contributed by atoms with Crippen LogP contribution in [0.4, 0.5) is 18.9 Å². The third-order valence-electron chi connectivity index (χ3n) is 4.88. The summed E-state index contributed by atoms with van der Waals surface area (Å²) in [7, 11) is 0. The molecule has 1 aliphatic heterocycles. The van der Waals surface area contributed by atoms with Gasteiger partial charge in [0.25, 0.3) is 11.8 Å². The van der Waals surface area contributed by atoms with Crippen LogP contribution in [0.3, 0.4) is 0 Å². The van der Waals surface area contributed by atoms with Crippen molar-refractivity contribution in [1.29, 1.82) is 0 Å². The summed E-state index contributed by atoms with van der Waals surface area (Å²) in [6.07, 6.45) is -0.244. The van der Waals surface area contributed by atoms with Gasteiger partial charge >= 0.3 is 6.18 Å². The zero-order chi connectivity index (χ0) is 25.5. The molecule has 0 fully saturated rings. The molecule has 0 aliphatic carbocycles. The van der Waals surface area contributed by atoms with Crippen LogP contribution in [0.5, 0.6) is 0 Å². The zero-order valence-electron chi connectivity index (χ0n) is 17.7. The summed E-state index contributed by atoms with van der Waals surface area (Å²) in [5.41, 5.74) is 8.99. The third kappa shape index (κ3) is 4.52. The van der Waals surface area contributed by atoms with E-state index in [1.165, 1.54) is 37.5 Å². The fourth-order valence-electron chi connectivity index (χ4n) is 3.29. The van der Waals surface area contributed by atoms with Gasteiger partial charge in [-0.15, -0.1) is 4.80 Å². The monoisotopic (exact) mass is 508 g/mol. The van der Waals surface area contributed by atoms with Crippen molar-refractivity contribution in [2.24, 2.45) is 11.5 Å². The first-order valence-electron chi connectivity index (χ1n) is 9.71. The number of rotatable bonds is 5. The molecule has 4 heterocycles. The maximum Gasteiger partial charge on any atom is 0.433 e. The lowest BCUT2D eigenvalue weighted by atomic mass is 10.1. The molecular weight excluding hydrogens is 493 g/mol. The highest BCUT2D eigenvalue weighted by Gasteiger charge is 2.42. The molecule has 0 spiro atoms. The third-order valence-corrected chi connectivity index (χ3v) is 5.16. The highest BCUT2D eigenvalue weighted by atomic mass is 35.5. The molecule has 6 N–H and O–H groups in total. The Morgan fingerprint density at radius 2 is 1.91 bits per heavy atom. The average Bonchev–Trinajstić information content (AvgIpc) is 3.45. The number of nitrogens with one attached hydrogen (secondary N) is 2. The van der Waals surface area contributed by atoms with Gasteiger partial charge in [-0.05, 0) is 25.1 Å². The van der Waals surface area contributed by atoms with Crippen LogP contribution in [0, 0.1) is 6.92 Å². The summed E-state index contributed by atoms with van der Waals surface area (Å²) in [4.78, 5) is 29.6. The molecular formula is C19H16ClF3N10O2. The van der Waals surface area contributed by atoms with Crippen molar-refractivity contribution in [1.82, 2.24) is 35.1 Å². The number of hydrogen-bond donors (Lipinski definition) is 4. The van der Waals surface area contributed by atoms with E-state index in [9.17, 15) is 22.8 Å². The van der Waals surface area contributed by atoms with Gasteiger partial charge in [0.05, 0.1) is 46.1 Å². The summed E-state index contributed by atoms with van der Waals surface area (Å²) in [5, 5.41) is 16.5. The lowest BCUT2D eigenvalue weighted by Crippen LogP contribution is -2.37. The number of carbonyl (C=O) groups is 2. The second-order valence-corrected chi connectivity index (χ2v) is 7.60. The van der Waals surface area contributed by atoms with E-state index in [4.69, 9.17) is 23.1 Å². The van der Waals surface area contributed by atoms with Gasteiger partial charge in [-0.25, -0.2) is 9.67 Å².